The maximum absolute atomic E-state index is 12.8. The summed E-state index contributed by atoms with van der Waals surface area (Å²) in [5, 5.41) is 3.01. The number of aromatic nitrogens is 3. The smallest absolute Gasteiger partial charge is 0.287 e. The Balaban J connectivity index is 2.01. The minimum Gasteiger partial charge on any atom is -0.464 e. The molecule has 0 unspecified atom stereocenters. The molecule has 3 heterocycles. The molecule has 0 radical (unpaired) electrons. The second-order valence-corrected chi connectivity index (χ2v) is 6.61. The van der Waals surface area contributed by atoms with Crippen molar-refractivity contribution in [2.75, 3.05) is 0 Å². The molecule has 0 saturated carbocycles. The third-order valence-electron chi connectivity index (χ3n) is 4.42. The van der Waals surface area contributed by atoms with Gasteiger partial charge in [-0.15, -0.1) is 0 Å². The van der Waals surface area contributed by atoms with Crippen LogP contribution in [0.15, 0.2) is 43.1 Å². The van der Waals surface area contributed by atoms with Crippen molar-refractivity contribution in [3.05, 3.63) is 77.3 Å². The zero-order chi connectivity index (χ0) is 18.6. The van der Waals surface area contributed by atoms with Gasteiger partial charge in [0.2, 0.25) is 5.43 Å². The van der Waals surface area contributed by atoms with Gasteiger partial charge in [0.25, 0.3) is 11.1 Å². The fourth-order valence-corrected chi connectivity index (χ4v) is 3.17. The average Bonchev–Trinajstić information content (AvgIpc) is 2.89. The van der Waals surface area contributed by atoms with Crippen LogP contribution in [-0.2, 0) is 6.54 Å². The maximum Gasteiger partial charge on any atom is 0.287 e. The second-order valence-electron chi connectivity index (χ2n) is 6.18. The first-order chi connectivity index (χ1) is 12.3. The lowest BCUT2D eigenvalue weighted by molar-refractivity contribution is 0.451. The molecule has 0 aliphatic rings. The standard InChI is InChI=1S/C18H14ClN3O4/c1-8-5-11(26-9(8)2)7-22-18(25)14-15(17(24)21-22)20-13-6-10(19)3-4-12(13)16(14)23/h3-6H,7H2,1-2H3,(H,20,23)(H,21,24). The van der Waals surface area contributed by atoms with Gasteiger partial charge >= 0.3 is 0 Å². The van der Waals surface area contributed by atoms with E-state index in [0.29, 0.717) is 21.7 Å². The molecule has 0 atom stereocenters. The third-order valence-corrected chi connectivity index (χ3v) is 4.65. The van der Waals surface area contributed by atoms with Crippen molar-refractivity contribution in [1.82, 2.24) is 14.8 Å². The van der Waals surface area contributed by atoms with E-state index in [1.807, 2.05) is 13.8 Å². The molecule has 0 saturated heterocycles. The molecule has 7 nitrogen and oxygen atoms in total. The third kappa shape index (κ3) is 2.48. The normalized spacial score (nSPS) is 11.5. The van der Waals surface area contributed by atoms with Crippen molar-refractivity contribution < 1.29 is 4.42 Å². The van der Waals surface area contributed by atoms with E-state index in [1.54, 1.807) is 12.1 Å². The Kier molecular flexibility index (Phi) is 3.62. The summed E-state index contributed by atoms with van der Waals surface area (Å²) < 4.78 is 6.64. The van der Waals surface area contributed by atoms with Crippen molar-refractivity contribution in [3.8, 4) is 0 Å². The Morgan fingerprint density at radius 2 is 1.92 bits per heavy atom. The Morgan fingerprint density at radius 3 is 2.62 bits per heavy atom. The predicted octanol–water partition coefficient (Wildman–Crippen LogP) is 2.44. The molecule has 26 heavy (non-hydrogen) atoms. The maximum atomic E-state index is 12.8. The number of rotatable bonds is 2. The number of nitrogens with one attached hydrogen (secondary N) is 2. The summed E-state index contributed by atoms with van der Waals surface area (Å²) in [5.74, 6) is 1.25. The Morgan fingerprint density at radius 1 is 1.15 bits per heavy atom. The second kappa shape index (κ2) is 5.74. The highest BCUT2D eigenvalue weighted by Crippen LogP contribution is 2.17. The summed E-state index contributed by atoms with van der Waals surface area (Å²) in [5.41, 5.74) is -0.408. The lowest BCUT2D eigenvalue weighted by Gasteiger charge is -2.07. The molecule has 3 aromatic heterocycles. The van der Waals surface area contributed by atoms with E-state index < -0.39 is 16.5 Å². The number of fused-ring (bicyclic) bond motifs is 2. The summed E-state index contributed by atoms with van der Waals surface area (Å²) in [6, 6.07) is 6.42. The van der Waals surface area contributed by atoms with E-state index in [2.05, 4.69) is 10.1 Å². The van der Waals surface area contributed by atoms with Gasteiger partial charge in [0.05, 0.1) is 5.52 Å². The molecular weight excluding hydrogens is 358 g/mol. The number of hydrogen-bond donors (Lipinski definition) is 2. The molecule has 4 aromatic rings. The van der Waals surface area contributed by atoms with Gasteiger partial charge in [-0.25, -0.2) is 4.68 Å². The minimum atomic E-state index is -0.593. The van der Waals surface area contributed by atoms with Crippen molar-refractivity contribution in [2.24, 2.45) is 0 Å². The first-order valence-electron chi connectivity index (χ1n) is 7.89. The molecule has 0 spiro atoms. The number of aromatic amines is 2. The van der Waals surface area contributed by atoms with Gasteiger partial charge in [0.1, 0.15) is 29.0 Å². The topological polar surface area (TPSA) is 101 Å². The summed E-state index contributed by atoms with van der Waals surface area (Å²) in [4.78, 5) is 40.9. The van der Waals surface area contributed by atoms with Gasteiger partial charge < -0.3 is 9.40 Å². The molecule has 4 rings (SSSR count). The molecule has 0 amide bonds. The lowest BCUT2D eigenvalue weighted by atomic mass is 10.1. The highest BCUT2D eigenvalue weighted by atomic mass is 35.5. The first kappa shape index (κ1) is 16.4. The highest BCUT2D eigenvalue weighted by molar-refractivity contribution is 6.31. The molecule has 0 bridgehead atoms. The summed E-state index contributed by atoms with van der Waals surface area (Å²) in [7, 11) is 0. The average molecular weight is 372 g/mol. The summed E-state index contributed by atoms with van der Waals surface area (Å²) in [6.45, 7) is 3.72. The molecule has 2 N–H and O–H groups in total. The van der Waals surface area contributed by atoms with E-state index in [0.717, 1.165) is 16.0 Å². The zero-order valence-electron chi connectivity index (χ0n) is 14.0. The highest BCUT2D eigenvalue weighted by Gasteiger charge is 2.15. The number of pyridine rings is 1. The fourth-order valence-electron chi connectivity index (χ4n) is 3.00. The Bertz CT molecular complexity index is 1340. The molecule has 8 heteroatoms. The van der Waals surface area contributed by atoms with E-state index >= 15 is 0 Å². The molecule has 0 aliphatic heterocycles. The number of hydrogen-bond acceptors (Lipinski definition) is 4. The van der Waals surface area contributed by atoms with E-state index in [1.165, 1.54) is 12.1 Å². The zero-order valence-corrected chi connectivity index (χ0v) is 14.7. The molecule has 0 fully saturated rings. The summed E-state index contributed by atoms with van der Waals surface area (Å²) >= 11 is 5.94. The van der Waals surface area contributed by atoms with Crippen molar-refractivity contribution in [1.29, 1.82) is 0 Å². The van der Waals surface area contributed by atoms with Crippen LogP contribution in [0, 0.1) is 13.8 Å². The Labute approximate surface area is 150 Å². The quantitative estimate of drug-likeness (QED) is 0.528. The Hall–Kier alpha value is -3.06. The van der Waals surface area contributed by atoms with Gasteiger partial charge in [-0.3, -0.25) is 19.5 Å². The largest absolute Gasteiger partial charge is 0.464 e. The van der Waals surface area contributed by atoms with Gasteiger partial charge in [-0.05, 0) is 43.7 Å². The van der Waals surface area contributed by atoms with E-state index in [9.17, 15) is 14.4 Å². The van der Waals surface area contributed by atoms with Crippen LogP contribution in [0.25, 0.3) is 21.8 Å². The van der Waals surface area contributed by atoms with Gasteiger partial charge in [-0.1, -0.05) is 11.6 Å². The van der Waals surface area contributed by atoms with Crippen LogP contribution in [0.2, 0.25) is 5.02 Å². The molecule has 132 valence electrons. The molecular formula is C18H14ClN3O4. The predicted molar refractivity (Wildman–Crippen MR) is 99.2 cm³/mol. The number of H-pyrrole nitrogens is 2. The van der Waals surface area contributed by atoms with Crippen LogP contribution in [0.4, 0.5) is 0 Å². The van der Waals surface area contributed by atoms with Crippen LogP contribution in [0.1, 0.15) is 17.1 Å². The molecule has 1 aromatic carbocycles. The van der Waals surface area contributed by atoms with Gasteiger partial charge in [0.15, 0.2) is 0 Å². The van der Waals surface area contributed by atoms with E-state index in [4.69, 9.17) is 16.0 Å². The number of nitrogens with zero attached hydrogens (tertiary/aromatic N) is 1. The van der Waals surface area contributed by atoms with Crippen LogP contribution in [0.3, 0.4) is 0 Å². The number of halogens is 1. The van der Waals surface area contributed by atoms with Crippen LogP contribution >= 0.6 is 11.6 Å². The van der Waals surface area contributed by atoms with Crippen molar-refractivity contribution in [2.45, 2.75) is 20.4 Å². The van der Waals surface area contributed by atoms with Gasteiger partial charge in [-0.2, -0.15) is 0 Å². The first-order valence-corrected chi connectivity index (χ1v) is 8.27. The van der Waals surface area contributed by atoms with Crippen molar-refractivity contribution >= 4 is 33.4 Å². The number of benzene rings is 1. The van der Waals surface area contributed by atoms with Crippen LogP contribution in [-0.4, -0.2) is 14.8 Å². The SMILES string of the molecule is Cc1cc(Cn2[nH]c(=O)c3[nH]c4cc(Cl)ccc4c(=O)c3c2=O)oc1C. The van der Waals surface area contributed by atoms with Crippen LogP contribution < -0.4 is 16.5 Å². The van der Waals surface area contributed by atoms with Crippen LogP contribution in [0.5, 0.6) is 0 Å². The van der Waals surface area contributed by atoms with Crippen molar-refractivity contribution in [3.63, 3.8) is 0 Å². The van der Waals surface area contributed by atoms with Gasteiger partial charge in [0, 0.05) is 10.4 Å². The number of furan rings is 1. The lowest BCUT2D eigenvalue weighted by Crippen LogP contribution is -2.33. The molecule has 0 aliphatic carbocycles. The minimum absolute atomic E-state index is 0.0246. The fraction of sp³-hybridized carbons (Fsp3) is 0.167. The summed E-state index contributed by atoms with van der Waals surface area (Å²) in [6.07, 6.45) is 0. The number of aryl methyl sites for hydroxylation is 2. The van der Waals surface area contributed by atoms with E-state index in [-0.39, 0.29) is 17.4 Å². The monoisotopic (exact) mass is 371 g/mol.